The van der Waals surface area contributed by atoms with Crippen LogP contribution in [0.15, 0.2) is 18.2 Å². The summed E-state index contributed by atoms with van der Waals surface area (Å²) in [6, 6.07) is 3.18. The van der Waals surface area contributed by atoms with Gasteiger partial charge in [0.25, 0.3) is 5.91 Å². The number of rotatable bonds is 4. The maximum Gasteiger partial charge on any atom is 0.252 e. The highest BCUT2D eigenvalue weighted by molar-refractivity contribution is 6.07. The monoisotopic (exact) mass is 280 g/mol. The van der Waals surface area contributed by atoms with E-state index in [9.17, 15) is 14.0 Å². The number of benzene rings is 1. The Bertz CT molecular complexity index is 545. The fourth-order valence-corrected chi connectivity index (χ4v) is 2.28. The van der Waals surface area contributed by atoms with Crippen molar-refractivity contribution in [2.24, 2.45) is 0 Å². The number of anilines is 1. The Labute approximate surface area is 116 Å². The Morgan fingerprint density at radius 1 is 1.40 bits per heavy atom. The van der Waals surface area contributed by atoms with Gasteiger partial charge in [0.15, 0.2) is 0 Å². The fourth-order valence-electron chi connectivity index (χ4n) is 2.28. The zero-order valence-corrected chi connectivity index (χ0v) is 11.6. The Kier molecular flexibility index (Phi) is 3.92. The largest absolute Gasteiger partial charge is 0.494 e. The first-order valence-corrected chi connectivity index (χ1v) is 6.40. The van der Waals surface area contributed by atoms with Crippen LogP contribution in [0.2, 0.25) is 0 Å². The molecule has 1 unspecified atom stereocenters. The number of amides is 2. The van der Waals surface area contributed by atoms with Crippen LogP contribution < -0.4 is 10.1 Å². The minimum absolute atomic E-state index is 0.0948. The molecule has 1 aliphatic rings. The van der Waals surface area contributed by atoms with Crippen molar-refractivity contribution in [3.05, 3.63) is 24.0 Å². The van der Waals surface area contributed by atoms with Crippen molar-refractivity contribution in [1.29, 1.82) is 0 Å². The summed E-state index contributed by atoms with van der Waals surface area (Å²) >= 11 is 0. The van der Waals surface area contributed by atoms with Gasteiger partial charge < -0.3 is 10.1 Å². The molecular weight excluding hydrogens is 263 g/mol. The quantitative estimate of drug-likeness (QED) is 0.854. The van der Waals surface area contributed by atoms with Crippen LogP contribution in [0.25, 0.3) is 0 Å². The summed E-state index contributed by atoms with van der Waals surface area (Å²) in [5, 5.41) is 2.95. The van der Waals surface area contributed by atoms with Crippen LogP contribution >= 0.6 is 0 Å². The lowest BCUT2D eigenvalue weighted by Gasteiger charge is -2.20. The van der Waals surface area contributed by atoms with E-state index in [-0.39, 0.29) is 24.3 Å². The van der Waals surface area contributed by atoms with Gasteiger partial charge in [-0.05, 0) is 26.0 Å². The third kappa shape index (κ3) is 2.59. The Hall–Kier alpha value is -2.11. The molecule has 2 amide bonds. The zero-order chi connectivity index (χ0) is 14.9. The van der Waals surface area contributed by atoms with Crippen molar-refractivity contribution >= 4 is 17.5 Å². The van der Waals surface area contributed by atoms with Crippen molar-refractivity contribution in [2.45, 2.75) is 32.4 Å². The Morgan fingerprint density at radius 3 is 2.65 bits per heavy atom. The van der Waals surface area contributed by atoms with Crippen LogP contribution in [-0.4, -0.2) is 35.9 Å². The highest BCUT2D eigenvalue weighted by Gasteiger charge is 2.40. The molecule has 1 saturated heterocycles. The maximum atomic E-state index is 13.1. The predicted molar refractivity (Wildman–Crippen MR) is 72.0 cm³/mol. The molecule has 108 valence electrons. The molecule has 1 fully saturated rings. The second kappa shape index (κ2) is 5.48. The minimum Gasteiger partial charge on any atom is -0.494 e. The number of carbonyl (C=O) groups is 2. The number of nitrogens with zero attached hydrogens (tertiary/aromatic N) is 1. The van der Waals surface area contributed by atoms with Crippen molar-refractivity contribution in [2.75, 3.05) is 12.4 Å². The van der Waals surface area contributed by atoms with E-state index in [0.29, 0.717) is 11.4 Å². The SMILES string of the molecule is COc1cc(F)ccc1NC1CC(=O)N(C(C)C)C1=O. The van der Waals surface area contributed by atoms with Crippen LogP contribution in [0.5, 0.6) is 5.75 Å². The van der Waals surface area contributed by atoms with E-state index in [0.717, 1.165) is 0 Å². The highest BCUT2D eigenvalue weighted by Crippen LogP contribution is 2.28. The summed E-state index contributed by atoms with van der Waals surface area (Å²) in [5.74, 6) is -0.599. The van der Waals surface area contributed by atoms with E-state index in [4.69, 9.17) is 4.74 Å². The number of carbonyl (C=O) groups excluding carboxylic acids is 2. The van der Waals surface area contributed by atoms with Gasteiger partial charge in [-0.1, -0.05) is 0 Å². The average Bonchev–Trinajstić information content (AvgIpc) is 2.66. The third-order valence-corrected chi connectivity index (χ3v) is 3.19. The molecule has 1 aromatic rings. The van der Waals surface area contributed by atoms with Crippen molar-refractivity contribution in [1.82, 2.24) is 4.90 Å². The summed E-state index contributed by atoms with van der Waals surface area (Å²) < 4.78 is 18.2. The summed E-state index contributed by atoms with van der Waals surface area (Å²) in [6.45, 7) is 3.58. The number of hydrogen-bond acceptors (Lipinski definition) is 4. The molecule has 0 aliphatic carbocycles. The van der Waals surface area contributed by atoms with Gasteiger partial charge in [0.05, 0.1) is 19.2 Å². The van der Waals surface area contributed by atoms with E-state index < -0.39 is 11.9 Å². The van der Waals surface area contributed by atoms with Gasteiger partial charge in [-0.3, -0.25) is 14.5 Å². The number of nitrogens with one attached hydrogen (secondary N) is 1. The van der Waals surface area contributed by atoms with E-state index in [1.807, 2.05) is 0 Å². The molecule has 0 spiro atoms. The van der Waals surface area contributed by atoms with Gasteiger partial charge in [-0.15, -0.1) is 0 Å². The third-order valence-electron chi connectivity index (χ3n) is 3.19. The van der Waals surface area contributed by atoms with Crippen LogP contribution in [0.4, 0.5) is 10.1 Å². The molecule has 2 rings (SSSR count). The first kappa shape index (κ1) is 14.3. The normalized spacial score (nSPS) is 18.9. The van der Waals surface area contributed by atoms with Crippen LogP contribution in [0, 0.1) is 5.82 Å². The predicted octanol–water partition coefficient (Wildman–Crippen LogP) is 1.78. The van der Waals surface area contributed by atoms with Crippen molar-refractivity contribution < 1.29 is 18.7 Å². The second-order valence-electron chi connectivity index (χ2n) is 4.94. The van der Waals surface area contributed by atoms with Gasteiger partial charge in [0.2, 0.25) is 5.91 Å². The van der Waals surface area contributed by atoms with Crippen LogP contribution in [-0.2, 0) is 9.59 Å². The van der Waals surface area contributed by atoms with E-state index >= 15 is 0 Å². The second-order valence-corrected chi connectivity index (χ2v) is 4.94. The van der Waals surface area contributed by atoms with Crippen LogP contribution in [0.3, 0.4) is 0 Å². The zero-order valence-electron chi connectivity index (χ0n) is 11.6. The molecule has 1 atom stereocenters. The molecule has 5 nitrogen and oxygen atoms in total. The molecule has 1 heterocycles. The smallest absolute Gasteiger partial charge is 0.252 e. The fraction of sp³-hybridized carbons (Fsp3) is 0.429. The standard InChI is InChI=1S/C14H17FN2O3/c1-8(2)17-13(18)7-11(14(17)19)16-10-5-4-9(15)6-12(10)20-3/h4-6,8,11,16H,7H2,1-3H3. The van der Waals surface area contributed by atoms with E-state index in [1.165, 1.54) is 30.2 Å². The molecule has 20 heavy (non-hydrogen) atoms. The van der Waals surface area contributed by atoms with Crippen LogP contribution in [0.1, 0.15) is 20.3 Å². The van der Waals surface area contributed by atoms with Crippen molar-refractivity contribution in [3.8, 4) is 5.75 Å². The molecule has 1 aromatic carbocycles. The maximum absolute atomic E-state index is 13.1. The van der Waals surface area contributed by atoms with E-state index in [2.05, 4.69) is 5.32 Å². The minimum atomic E-state index is -0.635. The number of hydrogen-bond donors (Lipinski definition) is 1. The Balaban J connectivity index is 2.19. The van der Waals surface area contributed by atoms with Gasteiger partial charge in [0.1, 0.15) is 17.6 Å². The molecule has 0 saturated carbocycles. The first-order valence-electron chi connectivity index (χ1n) is 6.40. The summed E-state index contributed by atoms with van der Waals surface area (Å²) in [4.78, 5) is 25.2. The average molecular weight is 280 g/mol. The van der Waals surface area contributed by atoms with Gasteiger partial charge in [-0.25, -0.2) is 4.39 Å². The molecular formula is C14H17FN2O3. The number of halogens is 1. The highest BCUT2D eigenvalue weighted by atomic mass is 19.1. The molecule has 0 aromatic heterocycles. The number of methoxy groups -OCH3 is 1. The summed E-state index contributed by atoms with van der Waals surface area (Å²) in [6.07, 6.45) is 0.0948. The van der Waals surface area contributed by atoms with Gasteiger partial charge in [0, 0.05) is 12.1 Å². The lowest BCUT2D eigenvalue weighted by atomic mass is 10.2. The number of likely N-dealkylation sites (tertiary alicyclic amines) is 1. The molecule has 1 N–H and O–H groups in total. The first-order chi connectivity index (χ1) is 9.43. The lowest BCUT2D eigenvalue weighted by Crippen LogP contribution is -2.39. The van der Waals surface area contributed by atoms with E-state index in [1.54, 1.807) is 13.8 Å². The van der Waals surface area contributed by atoms with Gasteiger partial charge >= 0.3 is 0 Å². The molecule has 6 heteroatoms. The topological polar surface area (TPSA) is 58.6 Å². The van der Waals surface area contributed by atoms with Crippen molar-refractivity contribution in [3.63, 3.8) is 0 Å². The number of imide groups is 1. The number of ether oxygens (including phenoxy) is 1. The van der Waals surface area contributed by atoms with Gasteiger partial charge in [-0.2, -0.15) is 0 Å². The Morgan fingerprint density at radius 2 is 2.10 bits per heavy atom. The lowest BCUT2D eigenvalue weighted by molar-refractivity contribution is -0.140. The molecule has 1 aliphatic heterocycles. The molecule has 0 bridgehead atoms. The molecule has 0 radical (unpaired) electrons. The summed E-state index contributed by atoms with van der Waals surface area (Å²) in [5.41, 5.74) is 0.491. The summed E-state index contributed by atoms with van der Waals surface area (Å²) in [7, 11) is 1.42.